The normalized spacial score (nSPS) is 15.2. The predicted molar refractivity (Wildman–Crippen MR) is 304 cm³/mol. The van der Waals surface area contributed by atoms with Crippen molar-refractivity contribution in [2.75, 3.05) is 94.4 Å². The molecular weight excluding hydrogens is 987 g/mol. The largest absolute Gasteiger partial charge is 0.497 e. The van der Waals surface area contributed by atoms with Crippen LogP contribution in [0, 0.1) is 11.3 Å². The van der Waals surface area contributed by atoms with Gasteiger partial charge in [-0.1, -0.05) is 108 Å². The highest BCUT2D eigenvalue weighted by Crippen LogP contribution is 2.47. The van der Waals surface area contributed by atoms with Gasteiger partial charge >= 0.3 is 0 Å². The summed E-state index contributed by atoms with van der Waals surface area (Å²) in [5.74, 6) is 3.42. The lowest BCUT2D eigenvalue weighted by atomic mass is 9.74. The predicted octanol–water partition coefficient (Wildman–Crippen LogP) is 11.8. The molecule has 416 valence electrons. The number of nitriles is 1. The highest BCUT2D eigenvalue weighted by atomic mass is 32.3. The smallest absolute Gasteiger partial charge is 0.198 e. The molecular formula is C60H89N3O10S2. The Balaban J connectivity index is 0.000000325. The van der Waals surface area contributed by atoms with Crippen molar-refractivity contribution in [2.24, 2.45) is 0 Å². The summed E-state index contributed by atoms with van der Waals surface area (Å²) in [6.07, 6.45) is 18.1. The van der Waals surface area contributed by atoms with Gasteiger partial charge in [0, 0.05) is 13.1 Å². The van der Waals surface area contributed by atoms with Crippen LogP contribution in [-0.2, 0) is 42.0 Å². The first-order valence-corrected chi connectivity index (χ1v) is 30.4. The van der Waals surface area contributed by atoms with E-state index in [-0.39, 0.29) is 29.9 Å². The van der Waals surface area contributed by atoms with E-state index in [4.69, 9.17) is 28.4 Å². The highest BCUT2D eigenvalue weighted by molar-refractivity contribution is 8.10. The van der Waals surface area contributed by atoms with Crippen molar-refractivity contribution < 1.29 is 45.3 Å². The van der Waals surface area contributed by atoms with E-state index in [2.05, 4.69) is 60.2 Å². The summed E-state index contributed by atoms with van der Waals surface area (Å²) in [5.41, 5.74) is 3.22. The molecule has 4 aromatic rings. The lowest BCUT2D eigenvalue weighted by molar-refractivity contribution is 0.309. The van der Waals surface area contributed by atoms with E-state index in [9.17, 15) is 22.1 Å². The minimum absolute atomic E-state index is 0.0339. The van der Waals surface area contributed by atoms with Gasteiger partial charge in [-0.3, -0.25) is 0 Å². The van der Waals surface area contributed by atoms with E-state index in [1.807, 2.05) is 43.4 Å². The van der Waals surface area contributed by atoms with E-state index in [0.29, 0.717) is 42.5 Å². The molecule has 0 radical (unpaired) electrons. The van der Waals surface area contributed by atoms with Gasteiger partial charge in [0.15, 0.2) is 46.8 Å². The maximum Gasteiger partial charge on any atom is 0.198 e. The Bertz CT molecular complexity index is 2550. The Labute approximate surface area is 452 Å². The first kappa shape index (κ1) is 62.5. The molecule has 0 spiro atoms. The van der Waals surface area contributed by atoms with Gasteiger partial charge in [0.25, 0.3) is 0 Å². The molecule has 0 aliphatic carbocycles. The van der Waals surface area contributed by atoms with Crippen molar-refractivity contribution in [3.8, 4) is 40.6 Å². The fourth-order valence-electron chi connectivity index (χ4n) is 10.2. The number of rotatable bonds is 33. The SMILES string of the molecule is CCCCCCCCCCCCC(C#N)(CCCN(C)CCc1cccc(OC)c1)c1cccc(OC)c1.COc1ccc(CCN(C)CCCC2(c3ccc(OC)c(OC)c3)S(=O)(=O)CCCS2(=O)=O)cc1OC. The molecule has 0 bridgehead atoms. The van der Waals surface area contributed by atoms with Crippen LogP contribution in [0.3, 0.4) is 0 Å². The molecule has 1 atom stereocenters. The molecule has 1 unspecified atom stereocenters. The third-order valence-corrected chi connectivity index (χ3v) is 20.8. The van der Waals surface area contributed by atoms with Crippen LogP contribution < -0.4 is 28.4 Å². The Morgan fingerprint density at radius 1 is 0.533 bits per heavy atom. The Morgan fingerprint density at radius 3 is 1.59 bits per heavy atom. The van der Waals surface area contributed by atoms with E-state index in [1.54, 1.807) is 34.5 Å². The third kappa shape index (κ3) is 18.0. The van der Waals surface area contributed by atoms with Crippen LogP contribution in [0.4, 0.5) is 0 Å². The zero-order valence-electron chi connectivity index (χ0n) is 46.8. The number of nitrogens with zero attached hydrogens (tertiary/aromatic N) is 3. The number of sulfone groups is 2. The molecule has 15 heteroatoms. The number of hydrogen-bond acceptors (Lipinski definition) is 13. The van der Waals surface area contributed by atoms with Gasteiger partial charge in [-0.25, -0.2) is 16.8 Å². The van der Waals surface area contributed by atoms with Crippen molar-refractivity contribution in [1.82, 2.24) is 9.80 Å². The molecule has 1 fully saturated rings. The number of ether oxygens (including phenoxy) is 6. The Kier molecular flexibility index (Phi) is 26.6. The van der Waals surface area contributed by atoms with Crippen LogP contribution >= 0.6 is 0 Å². The van der Waals surface area contributed by atoms with Crippen LogP contribution in [-0.4, -0.2) is 121 Å². The molecule has 1 aliphatic heterocycles. The first-order chi connectivity index (χ1) is 36.1. The summed E-state index contributed by atoms with van der Waals surface area (Å²) < 4.78 is 84.1. The Morgan fingerprint density at radius 2 is 1.03 bits per heavy atom. The molecule has 0 amide bonds. The monoisotopic (exact) mass is 1080 g/mol. The number of benzene rings is 4. The number of likely N-dealkylation sites (N-methyl/N-ethyl adjacent to an activating group) is 2. The fourth-order valence-corrected chi connectivity index (χ4v) is 16.1. The molecule has 0 N–H and O–H groups in total. The minimum Gasteiger partial charge on any atom is -0.497 e. The summed E-state index contributed by atoms with van der Waals surface area (Å²) in [7, 11) is 5.65. The van der Waals surface area contributed by atoms with Gasteiger partial charge in [0.05, 0.1) is 65.6 Å². The topological polar surface area (TPSA) is 154 Å². The van der Waals surface area contributed by atoms with E-state index in [1.165, 1.54) is 89.7 Å². The first-order valence-electron chi connectivity index (χ1n) is 27.1. The maximum atomic E-state index is 13.5. The number of methoxy groups -OCH3 is 6. The van der Waals surface area contributed by atoms with Crippen LogP contribution in [0.25, 0.3) is 0 Å². The third-order valence-electron chi connectivity index (χ3n) is 14.8. The molecule has 4 aromatic carbocycles. The average molecular weight is 1080 g/mol. The molecule has 5 rings (SSSR count). The standard InChI is InChI=1S/C34H52N2O2.C26H37NO8S2/c1-5-6-7-8-9-10-11-12-13-14-23-34(29-35,31-19-16-21-33(28-31)38-4)24-17-25-36(2)26-22-30-18-15-20-32(27-30)37-3;1-27(15-12-20-8-10-22(32-2)24(18-20)34-4)14-6-13-26(36(28,29)16-7-17-37(26,30)31)21-9-11-23(33-3)25(19-21)35-5/h15-16,18-21,27-28H,5-14,17,22-26H2,1-4H3;8-11,18-19H,6-7,12-17H2,1-5H3. The van der Waals surface area contributed by atoms with Gasteiger partial charge in [-0.05, 0) is 149 Å². The van der Waals surface area contributed by atoms with Crippen LogP contribution in [0.2, 0.25) is 0 Å². The molecule has 1 heterocycles. The van der Waals surface area contributed by atoms with Crippen molar-refractivity contribution in [2.45, 2.75) is 132 Å². The summed E-state index contributed by atoms with van der Waals surface area (Å²) in [5, 5.41) is 10.5. The van der Waals surface area contributed by atoms with E-state index < -0.39 is 29.2 Å². The minimum atomic E-state index is -3.99. The van der Waals surface area contributed by atoms with E-state index >= 15 is 0 Å². The van der Waals surface area contributed by atoms with Gasteiger partial charge in [0.2, 0.25) is 0 Å². The van der Waals surface area contributed by atoms with Crippen LogP contribution in [0.1, 0.15) is 132 Å². The number of unbranched alkanes of at least 4 members (excludes halogenated alkanes) is 9. The fraction of sp³-hybridized carbons (Fsp3) is 0.583. The van der Waals surface area contributed by atoms with Crippen molar-refractivity contribution in [3.05, 3.63) is 107 Å². The zero-order chi connectivity index (χ0) is 54.7. The highest BCUT2D eigenvalue weighted by Gasteiger charge is 2.57. The van der Waals surface area contributed by atoms with Gasteiger partial charge < -0.3 is 38.2 Å². The van der Waals surface area contributed by atoms with Crippen molar-refractivity contribution in [1.29, 1.82) is 5.26 Å². The lowest BCUT2D eigenvalue weighted by Crippen LogP contribution is -2.50. The molecule has 13 nitrogen and oxygen atoms in total. The molecule has 0 aromatic heterocycles. The van der Waals surface area contributed by atoms with Crippen LogP contribution in [0.15, 0.2) is 84.9 Å². The zero-order valence-corrected chi connectivity index (χ0v) is 48.4. The van der Waals surface area contributed by atoms with Crippen LogP contribution in [0.5, 0.6) is 34.5 Å². The lowest BCUT2D eigenvalue weighted by Gasteiger charge is -2.37. The van der Waals surface area contributed by atoms with E-state index in [0.717, 1.165) is 74.2 Å². The summed E-state index contributed by atoms with van der Waals surface area (Å²) in [4.78, 5) is 4.45. The molecule has 1 saturated heterocycles. The van der Waals surface area contributed by atoms with Crippen molar-refractivity contribution >= 4 is 19.7 Å². The molecule has 0 saturated carbocycles. The second kappa shape index (κ2) is 31.9. The van der Waals surface area contributed by atoms with Gasteiger partial charge in [0.1, 0.15) is 11.5 Å². The second-order valence-corrected chi connectivity index (χ2v) is 25.0. The quantitative estimate of drug-likeness (QED) is 0.0416. The summed E-state index contributed by atoms with van der Waals surface area (Å²) >= 11 is 0. The summed E-state index contributed by atoms with van der Waals surface area (Å²) in [6, 6.07) is 29.6. The second-order valence-electron chi connectivity index (χ2n) is 20.0. The van der Waals surface area contributed by atoms with Gasteiger partial charge in [-0.15, -0.1) is 0 Å². The molecule has 1 aliphatic rings. The number of hydrogen-bond donors (Lipinski definition) is 0. The maximum absolute atomic E-state index is 13.5. The Hall–Kier alpha value is -5.01. The van der Waals surface area contributed by atoms with Gasteiger partial charge in [-0.2, -0.15) is 5.26 Å². The molecule has 75 heavy (non-hydrogen) atoms. The average Bonchev–Trinajstić information content (AvgIpc) is 3.42. The summed E-state index contributed by atoms with van der Waals surface area (Å²) in [6.45, 7) is 5.49. The van der Waals surface area contributed by atoms with Crippen molar-refractivity contribution in [3.63, 3.8) is 0 Å².